The second-order valence-corrected chi connectivity index (χ2v) is 22.2. The molecular weight excluding hydrogens is 1090 g/mol. The van der Waals surface area contributed by atoms with Crippen molar-refractivity contribution >= 4 is 101 Å². The summed E-state index contributed by atoms with van der Waals surface area (Å²) in [5, 5.41) is 20.7. The third-order valence-electron chi connectivity index (χ3n) is 10.6. The van der Waals surface area contributed by atoms with Crippen LogP contribution in [0.3, 0.4) is 0 Å². The number of halogens is 6. The largest absolute Gasteiger partial charge is 0.450 e. The molecule has 18 nitrogen and oxygen atoms in total. The van der Waals surface area contributed by atoms with E-state index in [1.54, 1.807) is 115 Å². The lowest BCUT2D eigenvalue weighted by atomic mass is 10.2. The maximum Gasteiger partial charge on any atom is 0.450 e. The summed E-state index contributed by atoms with van der Waals surface area (Å²) >= 11 is 0. The van der Waals surface area contributed by atoms with Crippen LogP contribution in [0.15, 0.2) is 35.0 Å². The number of nitrogens with zero attached hydrogens (tertiary/aromatic N) is 10. The second-order valence-electron chi connectivity index (χ2n) is 16.7. The summed E-state index contributed by atoms with van der Waals surface area (Å²) in [5.41, 5.74) is 1.55. The van der Waals surface area contributed by atoms with Gasteiger partial charge in [0.1, 0.15) is 59.5 Å². The van der Waals surface area contributed by atoms with Gasteiger partial charge in [0.2, 0.25) is 11.6 Å². The minimum Gasteiger partial charge on any atom is -0.394 e. The molecular formula is C48H64F6N10O8S4. The Balaban J connectivity index is 0.000000390. The van der Waals surface area contributed by atoms with E-state index in [9.17, 15) is 46.1 Å². The number of Topliss-reactive ketones (excluding diaryl/α,β-unsaturated/α-hetero) is 2. The van der Waals surface area contributed by atoms with Gasteiger partial charge < -0.3 is 48.1 Å². The number of carbonyl (C=O) groups excluding carboxylic acids is 2. The van der Waals surface area contributed by atoms with Crippen LogP contribution in [-0.2, 0) is 28.5 Å². The first kappa shape index (κ1) is 65.7. The SMILES string of the molecule is C.C.CSS[C@@H](C)OC1C[C@H](n2cc(C#CCCC(=O)C(F)(F)F)c3c(N=CN(C)C)ncnc32)O[C@@H]1CO.CSS[C@H](C)OC1C[C@H](n2cc(C#CCCC(=O)C(F)(F)F)c3c(N=CN(C)C)ncnc32)O[C@@H]1CO. The number of aliphatic hydroxyl groups excluding tert-OH is 2. The fourth-order valence-corrected chi connectivity index (χ4v) is 10.2. The Morgan fingerprint density at radius 1 is 0.724 bits per heavy atom. The van der Waals surface area contributed by atoms with Crippen molar-refractivity contribution in [2.24, 2.45) is 9.98 Å². The molecule has 0 saturated carbocycles. The number of ether oxygens (including phenoxy) is 4. The van der Waals surface area contributed by atoms with Crippen molar-refractivity contribution < 1.29 is 65.1 Å². The van der Waals surface area contributed by atoms with Crippen LogP contribution in [0.1, 0.15) is 90.8 Å². The fourth-order valence-electron chi connectivity index (χ4n) is 7.42. The van der Waals surface area contributed by atoms with Gasteiger partial charge >= 0.3 is 12.4 Å². The van der Waals surface area contributed by atoms with E-state index in [4.69, 9.17) is 18.9 Å². The smallest absolute Gasteiger partial charge is 0.394 e. The number of hydrogen-bond acceptors (Lipinski definition) is 18. The Kier molecular flexibility index (Phi) is 26.4. The Morgan fingerprint density at radius 2 is 1.09 bits per heavy atom. The van der Waals surface area contributed by atoms with E-state index in [1.165, 1.54) is 12.7 Å². The number of fused-ring (bicyclic) bond motifs is 2. The molecule has 4 aromatic heterocycles. The summed E-state index contributed by atoms with van der Waals surface area (Å²) in [6, 6.07) is 0. The van der Waals surface area contributed by atoms with E-state index >= 15 is 0 Å². The van der Waals surface area contributed by atoms with Crippen LogP contribution in [0.5, 0.6) is 0 Å². The molecule has 2 N–H and O–H groups in total. The summed E-state index contributed by atoms with van der Waals surface area (Å²) in [7, 11) is 13.4. The normalized spacial score (nSPS) is 20.3. The zero-order chi connectivity index (χ0) is 54.3. The van der Waals surface area contributed by atoms with Crippen LogP contribution in [0, 0.1) is 23.7 Å². The maximum absolute atomic E-state index is 12.5. The van der Waals surface area contributed by atoms with Crippen LogP contribution >= 0.6 is 43.2 Å². The van der Waals surface area contributed by atoms with E-state index in [0.717, 1.165) is 0 Å². The number of alkyl halides is 6. The van der Waals surface area contributed by atoms with Crippen molar-refractivity contribution in [1.29, 1.82) is 0 Å². The first-order chi connectivity index (χ1) is 35.1. The first-order valence-electron chi connectivity index (χ1n) is 22.6. The van der Waals surface area contributed by atoms with Gasteiger partial charge in [-0.25, -0.2) is 29.9 Å². The van der Waals surface area contributed by atoms with Crippen molar-refractivity contribution in [3.63, 3.8) is 0 Å². The van der Waals surface area contributed by atoms with Gasteiger partial charge in [-0.15, -0.1) is 0 Å². The Bertz CT molecular complexity index is 2540. The maximum atomic E-state index is 12.5. The quantitative estimate of drug-likeness (QED) is 0.0211. The number of aliphatic hydroxyl groups is 2. The molecule has 0 spiro atoms. The highest BCUT2D eigenvalue weighted by molar-refractivity contribution is 8.76. The number of carbonyl (C=O) groups is 2. The van der Waals surface area contributed by atoms with Crippen molar-refractivity contribution in [3.8, 4) is 23.7 Å². The molecule has 4 aromatic rings. The van der Waals surface area contributed by atoms with Crippen LogP contribution in [-0.4, -0.2) is 175 Å². The Morgan fingerprint density at radius 3 is 1.41 bits per heavy atom. The van der Waals surface area contributed by atoms with Crippen LogP contribution in [0.2, 0.25) is 0 Å². The third-order valence-corrected chi connectivity index (χ3v) is 14.5. The first-order valence-corrected chi connectivity index (χ1v) is 27.9. The number of hydrogen-bond donors (Lipinski definition) is 2. The molecule has 6 heterocycles. The number of ketones is 2. The number of aliphatic imine (C=N–C) groups is 2. The van der Waals surface area contributed by atoms with Gasteiger partial charge in [0.05, 0.1) is 60.0 Å². The molecule has 0 amide bonds. The molecule has 0 aliphatic carbocycles. The second kappa shape index (κ2) is 30.5. The van der Waals surface area contributed by atoms with Crippen LogP contribution < -0.4 is 0 Å². The van der Waals surface area contributed by atoms with E-state index in [-0.39, 0.29) is 64.0 Å². The third kappa shape index (κ3) is 18.2. The summed E-state index contributed by atoms with van der Waals surface area (Å²) in [4.78, 5) is 51.9. The highest BCUT2D eigenvalue weighted by Gasteiger charge is 2.41. The fraction of sp³-hybridized carbons (Fsp3) is 0.583. The van der Waals surface area contributed by atoms with Crippen molar-refractivity contribution in [2.45, 2.75) is 127 Å². The van der Waals surface area contributed by atoms with Crippen LogP contribution in [0.4, 0.5) is 38.0 Å². The molecule has 8 atom stereocenters. The molecule has 2 aliphatic rings. The van der Waals surface area contributed by atoms with E-state index in [1.807, 2.05) is 26.4 Å². The molecule has 2 saturated heterocycles. The zero-order valence-electron chi connectivity index (χ0n) is 41.5. The number of aromatic nitrogens is 6. The summed E-state index contributed by atoms with van der Waals surface area (Å²) in [5.74, 6) is 8.00. The molecule has 0 radical (unpaired) electrons. The average Bonchev–Trinajstić information content (AvgIpc) is 4.13. The van der Waals surface area contributed by atoms with Crippen molar-refractivity contribution in [1.82, 2.24) is 38.9 Å². The average molecular weight is 1150 g/mol. The molecule has 28 heteroatoms. The lowest BCUT2D eigenvalue weighted by molar-refractivity contribution is -0.170. The van der Waals surface area contributed by atoms with Gasteiger partial charge in [0.15, 0.2) is 11.6 Å². The van der Waals surface area contributed by atoms with Gasteiger partial charge in [-0.1, -0.05) is 81.7 Å². The summed E-state index contributed by atoms with van der Waals surface area (Å²) < 4.78 is 103. The molecule has 76 heavy (non-hydrogen) atoms. The van der Waals surface area contributed by atoms with Gasteiger partial charge in [-0.2, -0.15) is 26.3 Å². The van der Waals surface area contributed by atoms with Gasteiger partial charge in [0, 0.05) is 79.1 Å². The zero-order valence-corrected chi connectivity index (χ0v) is 44.7. The summed E-state index contributed by atoms with van der Waals surface area (Å²) in [6.07, 6.45) is -0.733. The monoisotopic (exact) mass is 1150 g/mol. The van der Waals surface area contributed by atoms with Crippen molar-refractivity contribution in [3.05, 3.63) is 36.2 Å². The molecule has 0 aromatic carbocycles. The molecule has 2 unspecified atom stereocenters. The topological polar surface area (TPSA) is 204 Å². The predicted molar refractivity (Wildman–Crippen MR) is 289 cm³/mol. The molecule has 2 aliphatic heterocycles. The Hall–Kier alpha value is -4.62. The van der Waals surface area contributed by atoms with E-state index in [0.29, 0.717) is 57.7 Å². The van der Waals surface area contributed by atoms with Gasteiger partial charge in [-0.3, -0.25) is 9.59 Å². The highest BCUT2D eigenvalue weighted by Crippen LogP contribution is 2.40. The molecule has 2 fully saturated rings. The van der Waals surface area contributed by atoms with Gasteiger partial charge in [0.25, 0.3) is 0 Å². The molecule has 0 bridgehead atoms. The lowest BCUT2D eigenvalue weighted by Gasteiger charge is -2.20. The molecule has 420 valence electrons. The number of rotatable bonds is 20. The van der Waals surface area contributed by atoms with E-state index in [2.05, 4.69) is 53.6 Å². The van der Waals surface area contributed by atoms with Gasteiger partial charge in [-0.05, 0) is 26.4 Å². The predicted octanol–water partition coefficient (Wildman–Crippen LogP) is 9.15. The van der Waals surface area contributed by atoms with Crippen LogP contribution in [0.25, 0.3) is 22.1 Å². The van der Waals surface area contributed by atoms with E-state index < -0.39 is 61.4 Å². The molecule has 6 rings (SSSR count). The van der Waals surface area contributed by atoms with Crippen molar-refractivity contribution in [2.75, 3.05) is 53.9 Å². The highest BCUT2D eigenvalue weighted by atomic mass is 33.1. The lowest BCUT2D eigenvalue weighted by Crippen LogP contribution is -2.29. The minimum absolute atomic E-state index is 0. The minimum atomic E-state index is -4.88. The summed E-state index contributed by atoms with van der Waals surface area (Å²) in [6.45, 7) is 3.38. The standard InChI is InChI=1S/2C23H28F3N5O4S2.2CH4/c2*1-14(37-36-4)34-16-9-19(35-17(16)11-32)31-10-15(7-5-6-8-18(33)23(24,25)26)20-21(29-13-30(2)3)27-12-28-22(20)31;;/h2*10,12-14,16-17,19,32H,6,8-9,11H2,1-4H3;2*1H4/t14-,16?,17+,19+;14-,16?,17-,19-;;/m01../s1. The Labute approximate surface area is 454 Å².